The summed E-state index contributed by atoms with van der Waals surface area (Å²) in [6.45, 7) is 3.70. The number of hydrogen-bond donors (Lipinski definition) is 1. The molecule has 0 spiro atoms. The summed E-state index contributed by atoms with van der Waals surface area (Å²) < 4.78 is 12.9. The average molecular weight is 257 g/mol. The van der Waals surface area contributed by atoms with Gasteiger partial charge in [-0.2, -0.15) is 0 Å². The third-order valence-corrected chi connectivity index (χ3v) is 3.31. The summed E-state index contributed by atoms with van der Waals surface area (Å²) in [6, 6.07) is 12.9. The summed E-state index contributed by atoms with van der Waals surface area (Å²) in [5.41, 5.74) is 7.02. The molecule has 0 amide bonds. The highest BCUT2D eigenvalue weighted by atomic mass is 19.1. The van der Waals surface area contributed by atoms with E-state index >= 15 is 0 Å². The first-order valence-electron chi connectivity index (χ1n) is 6.07. The fraction of sp³-hybridized carbons (Fsp3) is 0.188. The molecule has 0 saturated heterocycles. The molecule has 0 radical (unpaired) electrons. The molecule has 0 aliphatic rings. The van der Waals surface area contributed by atoms with E-state index in [1.165, 1.54) is 24.3 Å². The molecule has 0 bridgehead atoms. The van der Waals surface area contributed by atoms with Crippen LogP contribution in [0.2, 0.25) is 0 Å². The molecule has 2 nitrogen and oxygen atoms in total. The van der Waals surface area contributed by atoms with Crippen molar-refractivity contribution in [3.05, 3.63) is 65.5 Å². The highest BCUT2D eigenvalue weighted by molar-refractivity contribution is 6.03. The number of carbonyl (C=O) groups is 1. The quantitative estimate of drug-likeness (QED) is 0.674. The lowest BCUT2D eigenvalue weighted by atomic mass is 9.78. The first kappa shape index (κ1) is 13.3. The first-order valence-corrected chi connectivity index (χ1v) is 6.07. The molecule has 2 rings (SSSR count). The van der Waals surface area contributed by atoms with Crippen molar-refractivity contribution >= 4 is 11.5 Å². The molecule has 3 heteroatoms. The van der Waals surface area contributed by atoms with Crippen LogP contribution in [-0.2, 0) is 5.41 Å². The maximum Gasteiger partial charge on any atom is 0.172 e. The van der Waals surface area contributed by atoms with Gasteiger partial charge in [-0.05, 0) is 55.8 Å². The molecule has 0 fully saturated rings. The van der Waals surface area contributed by atoms with Crippen LogP contribution in [0.25, 0.3) is 0 Å². The van der Waals surface area contributed by atoms with Crippen molar-refractivity contribution in [3.8, 4) is 0 Å². The summed E-state index contributed by atoms with van der Waals surface area (Å²) in [6.07, 6.45) is 0. The number of anilines is 1. The number of rotatable bonds is 3. The van der Waals surface area contributed by atoms with E-state index < -0.39 is 5.41 Å². The molecular formula is C16H16FNO. The lowest BCUT2D eigenvalue weighted by Crippen LogP contribution is -2.29. The van der Waals surface area contributed by atoms with Gasteiger partial charge in [0.05, 0.1) is 5.41 Å². The zero-order valence-corrected chi connectivity index (χ0v) is 11.0. The van der Waals surface area contributed by atoms with Crippen molar-refractivity contribution in [2.45, 2.75) is 19.3 Å². The van der Waals surface area contributed by atoms with Crippen LogP contribution >= 0.6 is 0 Å². The van der Waals surface area contributed by atoms with E-state index in [1.807, 2.05) is 26.0 Å². The second-order valence-corrected chi connectivity index (χ2v) is 5.08. The molecule has 0 aliphatic carbocycles. The Labute approximate surface area is 112 Å². The van der Waals surface area contributed by atoms with Crippen LogP contribution in [-0.4, -0.2) is 5.78 Å². The Morgan fingerprint density at radius 3 is 2.05 bits per heavy atom. The van der Waals surface area contributed by atoms with Crippen LogP contribution in [0.5, 0.6) is 0 Å². The lowest BCUT2D eigenvalue weighted by Gasteiger charge is -2.24. The van der Waals surface area contributed by atoms with Gasteiger partial charge in [-0.1, -0.05) is 12.1 Å². The number of ketones is 1. The number of nitrogen functional groups attached to an aromatic ring is 1. The number of carbonyl (C=O) groups excluding carboxylic acids is 1. The molecule has 0 atom stereocenters. The van der Waals surface area contributed by atoms with Crippen LogP contribution < -0.4 is 5.73 Å². The first-order chi connectivity index (χ1) is 8.91. The second-order valence-electron chi connectivity index (χ2n) is 5.08. The van der Waals surface area contributed by atoms with Gasteiger partial charge in [-0.3, -0.25) is 4.79 Å². The largest absolute Gasteiger partial charge is 0.399 e. The zero-order chi connectivity index (χ0) is 14.0. The Kier molecular flexibility index (Phi) is 3.38. The van der Waals surface area contributed by atoms with Crippen molar-refractivity contribution in [2.24, 2.45) is 0 Å². The van der Waals surface area contributed by atoms with E-state index in [9.17, 15) is 9.18 Å². The Balaban J connectivity index is 2.35. The fourth-order valence-corrected chi connectivity index (χ4v) is 1.99. The van der Waals surface area contributed by atoms with Gasteiger partial charge in [0.2, 0.25) is 0 Å². The van der Waals surface area contributed by atoms with Crippen molar-refractivity contribution in [1.29, 1.82) is 0 Å². The molecular weight excluding hydrogens is 241 g/mol. The molecule has 2 aromatic carbocycles. The SMILES string of the molecule is CC(C)(C(=O)c1ccc(F)cc1)c1ccc(N)cc1. The number of nitrogens with two attached hydrogens (primary N) is 1. The van der Waals surface area contributed by atoms with Crippen molar-refractivity contribution in [3.63, 3.8) is 0 Å². The minimum absolute atomic E-state index is 0.0442. The van der Waals surface area contributed by atoms with Crippen LogP contribution in [0.4, 0.5) is 10.1 Å². The van der Waals surface area contributed by atoms with E-state index in [0.717, 1.165) is 5.56 Å². The molecule has 98 valence electrons. The van der Waals surface area contributed by atoms with Gasteiger partial charge in [0.25, 0.3) is 0 Å². The normalized spacial score (nSPS) is 11.3. The van der Waals surface area contributed by atoms with Gasteiger partial charge in [-0.15, -0.1) is 0 Å². The topological polar surface area (TPSA) is 43.1 Å². The number of hydrogen-bond acceptors (Lipinski definition) is 2. The lowest BCUT2D eigenvalue weighted by molar-refractivity contribution is 0.0908. The van der Waals surface area contributed by atoms with Crippen molar-refractivity contribution in [1.82, 2.24) is 0 Å². The summed E-state index contributed by atoms with van der Waals surface area (Å²) in [5, 5.41) is 0. The molecule has 2 aromatic rings. The molecule has 0 aliphatic heterocycles. The zero-order valence-electron chi connectivity index (χ0n) is 11.0. The predicted octanol–water partition coefficient (Wildman–Crippen LogP) is 3.57. The van der Waals surface area contributed by atoms with Gasteiger partial charge in [0.15, 0.2) is 5.78 Å². The molecule has 0 unspecified atom stereocenters. The Bertz CT molecular complexity index is 585. The van der Waals surface area contributed by atoms with Crippen molar-refractivity contribution in [2.75, 3.05) is 5.73 Å². The standard InChI is InChI=1S/C16H16FNO/c1-16(2,12-5-9-14(18)10-6-12)15(19)11-3-7-13(17)8-4-11/h3-10H,18H2,1-2H3. The third-order valence-electron chi connectivity index (χ3n) is 3.31. The predicted molar refractivity (Wildman–Crippen MR) is 74.6 cm³/mol. The van der Waals surface area contributed by atoms with Gasteiger partial charge in [-0.25, -0.2) is 4.39 Å². The minimum atomic E-state index is -0.675. The fourth-order valence-electron chi connectivity index (χ4n) is 1.99. The Morgan fingerprint density at radius 2 is 1.53 bits per heavy atom. The van der Waals surface area contributed by atoms with E-state index in [0.29, 0.717) is 11.3 Å². The Hall–Kier alpha value is -2.16. The van der Waals surface area contributed by atoms with E-state index in [4.69, 9.17) is 5.73 Å². The van der Waals surface area contributed by atoms with E-state index in [1.54, 1.807) is 12.1 Å². The monoisotopic (exact) mass is 257 g/mol. The summed E-state index contributed by atoms with van der Waals surface area (Å²) in [7, 11) is 0. The number of Topliss-reactive ketones (excluding diaryl/α,β-unsaturated/α-hetero) is 1. The summed E-state index contributed by atoms with van der Waals surface area (Å²) >= 11 is 0. The molecule has 0 saturated carbocycles. The van der Waals surface area contributed by atoms with Gasteiger partial charge in [0, 0.05) is 11.3 Å². The third kappa shape index (κ3) is 2.65. The maximum atomic E-state index is 12.9. The molecule has 2 N–H and O–H groups in total. The second kappa shape index (κ2) is 4.84. The smallest absolute Gasteiger partial charge is 0.172 e. The van der Waals surface area contributed by atoms with Crippen LogP contribution in [0.15, 0.2) is 48.5 Å². The highest BCUT2D eigenvalue weighted by Gasteiger charge is 2.30. The van der Waals surface area contributed by atoms with E-state index in [2.05, 4.69) is 0 Å². The summed E-state index contributed by atoms with van der Waals surface area (Å²) in [5.74, 6) is -0.390. The van der Waals surface area contributed by atoms with Gasteiger partial charge >= 0.3 is 0 Å². The minimum Gasteiger partial charge on any atom is -0.399 e. The van der Waals surface area contributed by atoms with E-state index in [-0.39, 0.29) is 11.6 Å². The highest BCUT2D eigenvalue weighted by Crippen LogP contribution is 2.28. The van der Waals surface area contributed by atoms with Gasteiger partial charge < -0.3 is 5.73 Å². The Morgan fingerprint density at radius 1 is 1.00 bits per heavy atom. The van der Waals surface area contributed by atoms with Crippen LogP contribution in [0, 0.1) is 5.82 Å². The van der Waals surface area contributed by atoms with Gasteiger partial charge in [0.1, 0.15) is 5.82 Å². The summed E-state index contributed by atoms with van der Waals surface area (Å²) in [4.78, 5) is 12.5. The molecule has 0 heterocycles. The van der Waals surface area contributed by atoms with Crippen LogP contribution in [0.3, 0.4) is 0 Å². The number of benzene rings is 2. The number of halogens is 1. The average Bonchev–Trinajstić information content (AvgIpc) is 2.39. The molecule has 19 heavy (non-hydrogen) atoms. The maximum absolute atomic E-state index is 12.9. The van der Waals surface area contributed by atoms with Crippen LogP contribution in [0.1, 0.15) is 29.8 Å². The van der Waals surface area contributed by atoms with Crippen molar-refractivity contribution < 1.29 is 9.18 Å². The molecule has 0 aromatic heterocycles.